The summed E-state index contributed by atoms with van der Waals surface area (Å²) in [5.74, 6) is 3.76. The van der Waals surface area contributed by atoms with Crippen LogP contribution in [0.5, 0.6) is 5.75 Å². The molecule has 1 aliphatic rings. The van der Waals surface area contributed by atoms with Gasteiger partial charge >= 0.3 is 0 Å². The third-order valence-electron chi connectivity index (χ3n) is 3.57. The van der Waals surface area contributed by atoms with Gasteiger partial charge in [-0.15, -0.1) is 0 Å². The third-order valence-corrected chi connectivity index (χ3v) is 4.59. The molecule has 0 radical (unpaired) electrons. The summed E-state index contributed by atoms with van der Waals surface area (Å²) in [5.41, 5.74) is 1.18. The second kappa shape index (κ2) is 7.50. The van der Waals surface area contributed by atoms with Crippen molar-refractivity contribution in [1.29, 1.82) is 0 Å². The van der Waals surface area contributed by atoms with E-state index in [2.05, 4.69) is 24.9 Å². The van der Waals surface area contributed by atoms with Gasteiger partial charge in [-0.1, -0.05) is 0 Å². The molecule has 0 aromatic carbocycles. The van der Waals surface area contributed by atoms with Crippen molar-refractivity contribution in [3.05, 3.63) is 24.0 Å². The monoisotopic (exact) mass is 309 g/mol. The minimum Gasteiger partial charge on any atom is -0.491 e. The lowest BCUT2D eigenvalue weighted by Crippen LogP contribution is -2.16. The fraction of sp³-hybridized carbons (Fsp3) is 0.706. The van der Waals surface area contributed by atoms with Gasteiger partial charge in [0.05, 0.1) is 24.0 Å². The van der Waals surface area contributed by atoms with Gasteiger partial charge in [-0.25, -0.2) is 0 Å². The Bertz CT molecular complexity index is 448. The Morgan fingerprint density at radius 1 is 1.48 bits per heavy atom. The molecule has 2 heterocycles. The Labute approximate surface area is 132 Å². The van der Waals surface area contributed by atoms with Crippen LogP contribution < -0.4 is 4.74 Å². The van der Waals surface area contributed by atoms with E-state index in [0.717, 1.165) is 29.7 Å². The molecule has 21 heavy (non-hydrogen) atoms. The van der Waals surface area contributed by atoms with Crippen LogP contribution in [0.4, 0.5) is 0 Å². The minimum atomic E-state index is 0.0827. The molecule has 0 bridgehead atoms. The highest BCUT2D eigenvalue weighted by Crippen LogP contribution is 2.32. The van der Waals surface area contributed by atoms with Crippen LogP contribution in [0.2, 0.25) is 0 Å². The maximum Gasteiger partial charge on any atom is 0.123 e. The number of hydrogen-bond acceptors (Lipinski definition) is 4. The zero-order chi connectivity index (χ0) is 15.3. The first kappa shape index (κ1) is 16.6. The van der Waals surface area contributed by atoms with Crippen molar-refractivity contribution in [2.45, 2.75) is 58.0 Å². The standard InChI is InChI=1S/C17H27NO2S/c1-13(2)20-16-5-7-18-15(9-16)12-21-8-6-14-10-17(3,4)19-11-14/h5,7,9,13-14H,6,8,10-12H2,1-4H3. The fourth-order valence-corrected chi connectivity index (χ4v) is 3.66. The van der Waals surface area contributed by atoms with Gasteiger partial charge in [-0.3, -0.25) is 4.98 Å². The zero-order valence-corrected chi connectivity index (χ0v) is 14.4. The van der Waals surface area contributed by atoms with Gasteiger partial charge in [-0.2, -0.15) is 11.8 Å². The summed E-state index contributed by atoms with van der Waals surface area (Å²) < 4.78 is 11.5. The molecule has 1 aromatic rings. The quantitative estimate of drug-likeness (QED) is 0.702. The number of aromatic nitrogens is 1. The van der Waals surface area contributed by atoms with Gasteiger partial charge in [0.25, 0.3) is 0 Å². The van der Waals surface area contributed by atoms with Crippen molar-refractivity contribution < 1.29 is 9.47 Å². The van der Waals surface area contributed by atoms with E-state index in [1.165, 1.54) is 18.6 Å². The minimum absolute atomic E-state index is 0.0827. The zero-order valence-electron chi connectivity index (χ0n) is 13.6. The topological polar surface area (TPSA) is 31.4 Å². The van der Waals surface area contributed by atoms with Crippen LogP contribution in [0.3, 0.4) is 0 Å². The van der Waals surface area contributed by atoms with Crippen LogP contribution in [-0.4, -0.2) is 29.0 Å². The molecule has 1 unspecified atom stereocenters. The molecule has 2 rings (SSSR count). The lowest BCUT2D eigenvalue weighted by molar-refractivity contribution is 0.0350. The van der Waals surface area contributed by atoms with E-state index in [4.69, 9.17) is 9.47 Å². The van der Waals surface area contributed by atoms with Gasteiger partial charge < -0.3 is 9.47 Å². The van der Waals surface area contributed by atoms with Crippen molar-refractivity contribution >= 4 is 11.8 Å². The summed E-state index contributed by atoms with van der Waals surface area (Å²) in [6.45, 7) is 9.37. The Hall–Kier alpha value is -0.740. The van der Waals surface area contributed by atoms with Crippen LogP contribution in [-0.2, 0) is 10.5 Å². The number of nitrogens with zero attached hydrogens (tertiary/aromatic N) is 1. The van der Waals surface area contributed by atoms with E-state index >= 15 is 0 Å². The molecule has 0 amide bonds. The van der Waals surface area contributed by atoms with Crippen molar-refractivity contribution in [2.24, 2.45) is 5.92 Å². The summed E-state index contributed by atoms with van der Waals surface area (Å²) in [6, 6.07) is 3.97. The van der Waals surface area contributed by atoms with Crippen LogP contribution >= 0.6 is 11.8 Å². The second-order valence-electron chi connectivity index (χ2n) is 6.63. The number of thioether (sulfide) groups is 1. The van der Waals surface area contributed by atoms with Crippen molar-refractivity contribution in [3.63, 3.8) is 0 Å². The molecule has 4 heteroatoms. The molecular formula is C17H27NO2S. The van der Waals surface area contributed by atoms with Gasteiger partial charge in [0.15, 0.2) is 0 Å². The van der Waals surface area contributed by atoms with E-state index in [1.807, 2.05) is 37.9 Å². The van der Waals surface area contributed by atoms with E-state index in [0.29, 0.717) is 0 Å². The molecule has 0 aliphatic carbocycles. The number of ether oxygens (including phenoxy) is 2. The molecule has 3 nitrogen and oxygen atoms in total. The van der Waals surface area contributed by atoms with Gasteiger partial charge in [-0.05, 0) is 58.3 Å². The molecule has 0 spiro atoms. The van der Waals surface area contributed by atoms with Crippen LogP contribution in [0, 0.1) is 5.92 Å². The normalized spacial score (nSPS) is 20.9. The summed E-state index contributed by atoms with van der Waals surface area (Å²) in [7, 11) is 0. The molecule has 118 valence electrons. The first-order valence-electron chi connectivity index (χ1n) is 7.78. The molecule has 1 aliphatic heterocycles. The molecule has 1 saturated heterocycles. The Kier molecular flexibility index (Phi) is 5.94. The van der Waals surface area contributed by atoms with Crippen molar-refractivity contribution in [2.75, 3.05) is 12.4 Å². The fourth-order valence-electron chi connectivity index (χ4n) is 2.65. The summed E-state index contributed by atoms with van der Waals surface area (Å²) >= 11 is 1.95. The largest absolute Gasteiger partial charge is 0.491 e. The van der Waals surface area contributed by atoms with Gasteiger partial charge in [0, 0.05) is 18.0 Å². The Balaban J connectivity index is 1.69. The van der Waals surface area contributed by atoms with E-state index in [1.54, 1.807) is 0 Å². The lowest BCUT2D eigenvalue weighted by Gasteiger charge is -2.15. The van der Waals surface area contributed by atoms with Crippen LogP contribution in [0.1, 0.15) is 46.2 Å². The number of rotatable bonds is 7. The smallest absolute Gasteiger partial charge is 0.123 e. The number of hydrogen-bond donors (Lipinski definition) is 0. The predicted molar refractivity (Wildman–Crippen MR) is 88.9 cm³/mol. The molecule has 1 aromatic heterocycles. The Morgan fingerprint density at radius 2 is 2.29 bits per heavy atom. The first-order valence-corrected chi connectivity index (χ1v) is 8.93. The molecule has 0 saturated carbocycles. The summed E-state index contributed by atoms with van der Waals surface area (Å²) in [4.78, 5) is 4.41. The highest BCUT2D eigenvalue weighted by atomic mass is 32.2. The van der Waals surface area contributed by atoms with E-state index < -0.39 is 0 Å². The maximum absolute atomic E-state index is 5.78. The van der Waals surface area contributed by atoms with Crippen molar-refractivity contribution in [1.82, 2.24) is 4.98 Å². The molecule has 1 atom stereocenters. The highest BCUT2D eigenvalue weighted by molar-refractivity contribution is 7.98. The number of pyridine rings is 1. The van der Waals surface area contributed by atoms with Gasteiger partial charge in [0.1, 0.15) is 5.75 Å². The second-order valence-corrected chi connectivity index (χ2v) is 7.74. The van der Waals surface area contributed by atoms with Crippen LogP contribution in [0.15, 0.2) is 18.3 Å². The van der Waals surface area contributed by atoms with Crippen molar-refractivity contribution in [3.8, 4) is 5.75 Å². The summed E-state index contributed by atoms with van der Waals surface area (Å²) in [5, 5.41) is 0. The van der Waals surface area contributed by atoms with E-state index in [-0.39, 0.29) is 11.7 Å². The van der Waals surface area contributed by atoms with Crippen LogP contribution in [0.25, 0.3) is 0 Å². The predicted octanol–water partition coefficient (Wildman–Crippen LogP) is 4.31. The molecule has 0 N–H and O–H groups in total. The molecule has 1 fully saturated rings. The van der Waals surface area contributed by atoms with E-state index in [9.17, 15) is 0 Å². The SMILES string of the molecule is CC(C)Oc1ccnc(CSCCC2COC(C)(C)C2)c1. The lowest BCUT2D eigenvalue weighted by atomic mass is 9.96. The van der Waals surface area contributed by atoms with Gasteiger partial charge in [0.2, 0.25) is 0 Å². The average molecular weight is 309 g/mol. The highest BCUT2D eigenvalue weighted by Gasteiger charge is 2.31. The third kappa shape index (κ3) is 5.87. The summed E-state index contributed by atoms with van der Waals surface area (Å²) in [6.07, 6.45) is 4.46. The molecular weight excluding hydrogens is 282 g/mol. The maximum atomic E-state index is 5.78. The average Bonchev–Trinajstić information content (AvgIpc) is 2.74. The Morgan fingerprint density at radius 3 is 2.95 bits per heavy atom. The first-order chi connectivity index (χ1) is 9.94.